The van der Waals surface area contributed by atoms with E-state index in [1.54, 1.807) is 31.2 Å². The Morgan fingerprint density at radius 1 is 1.31 bits per heavy atom. The van der Waals surface area contributed by atoms with Crippen LogP contribution >= 0.6 is 0 Å². The van der Waals surface area contributed by atoms with E-state index in [0.717, 1.165) is 17.7 Å². The number of nitrogens with zero attached hydrogens (tertiary/aromatic N) is 1. The molecule has 0 spiro atoms. The van der Waals surface area contributed by atoms with E-state index < -0.39 is 17.5 Å². The zero-order valence-electron chi connectivity index (χ0n) is 14.8. The zero-order valence-corrected chi connectivity index (χ0v) is 14.8. The molecular weight excluding hydrogens is 336 g/mol. The van der Waals surface area contributed by atoms with Crippen LogP contribution in [0.2, 0.25) is 0 Å². The minimum absolute atomic E-state index is 0.140. The van der Waals surface area contributed by atoms with Crippen LogP contribution < -0.4 is 16.0 Å². The average Bonchev–Trinajstić information content (AvgIpc) is 3.42. The van der Waals surface area contributed by atoms with E-state index in [1.807, 2.05) is 6.92 Å². The average molecular weight is 358 g/mol. The lowest BCUT2D eigenvalue weighted by molar-refractivity contribution is -0.134. The maximum Gasteiger partial charge on any atom is 0.325 e. The predicted octanol–water partition coefficient (Wildman–Crippen LogP) is 1.10. The minimum Gasteiger partial charge on any atom is -0.352 e. The number of anilines is 1. The molecule has 1 aliphatic heterocycles. The van der Waals surface area contributed by atoms with Gasteiger partial charge in [0.25, 0.3) is 11.8 Å². The molecule has 8 nitrogen and oxygen atoms in total. The van der Waals surface area contributed by atoms with Gasteiger partial charge in [0, 0.05) is 17.8 Å². The highest BCUT2D eigenvalue weighted by Gasteiger charge is 2.56. The summed E-state index contributed by atoms with van der Waals surface area (Å²) in [5.74, 6) is -0.962. The van der Waals surface area contributed by atoms with Crippen molar-refractivity contribution in [2.75, 3.05) is 18.4 Å². The maximum absolute atomic E-state index is 12.5. The first-order valence-electron chi connectivity index (χ1n) is 8.67. The molecule has 1 atom stereocenters. The number of urea groups is 1. The van der Waals surface area contributed by atoms with Crippen LogP contribution in [0.1, 0.15) is 37.0 Å². The van der Waals surface area contributed by atoms with Crippen LogP contribution in [0.25, 0.3) is 0 Å². The molecule has 1 aromatic rings. The second-order valence-electron chi connectivity index (χ2n) is 6.79. The van der Waals surface area contributed by atoms with Crippen molar-refractivity contribution in [2.45, 2.75) is 32.2 Å². The highest BCUT2D eigenvalue weighted by molar-refractivity contribution is 6.10. The monoisotopic (exact) mass is 358 g/mol. The van der Waals surface area contributed by atoms with Crippen molar-refractivity contribution in [1.29, 1.82) is 0 Å². The fraction of sp³-hybridized carbons (Fsp3) is 0.444. The quantitative estimate of drug-likeness (QED) is 0.662. The molecule has 1 saturated heterocycles. The molecule has 8 heteroatoms. The Morgan fingerprint density at radius 3 is 2.69 bits per heavy atom. The van der Waals surface area contributed by atoms with Crippen molar-refractivity contribution in [3.05, 3.63) is 29.8 Å². The van der Waals surface area contributed by atoms with Gasteiger partial charge in [-0.1, -0.05) is 6.07 Å². The van der Waals surface area contributed by atoms with Crippen LogP contribution in [-0.4, -0.2) is 47.3 Å². The number of hydrogen-bond acceptors (Lipinski definition) is 4. The van der Waals surface area contributed by atoms with Gasteiger partial charge in [-0.15, -0.1) is 0 Å². The van der Waals surface area contributed by atoms with Gasteiger partial charge in [-0.2, -0.15) is 0 Å². The molecule has 0 radical (unpaired) electrons. The van der Waals surface area contributed by atoms with Crippen molar-refractivity contribution in [3.8, 4) is 0 Å². The van der Waals surface area contributed by atoms with Crippen LogP contribution in [0, 0.1) is 5.92 Å². The third-order valence-corrected chi connectivity index (χ3v) is 4.74. The third-order valence-electron chi connectivity index (χ3n) is 4.74. The highest BCUT2D eigenvalue weighted by atomic mass is 16.2. The Hall–Kier alpha value is -2.90. The molecule has 1 aromatic carbocycles. The second-order valence-corrected chi connectivity index (χ2v) is 6.79. The first-order chi connectivity index (χ1) is 12.3. The van der Waals surface area contributed by atoms with Gasteiger partial charge in [0.05, 0.1) is 0 Å². The zero-order chi connectivity index (χ0) is 18.9. The second kappa shape index (κ2) is 6.78. The van der Waals surface area contributed by atoms with E-state index in [9.17, 15) is 19.2 Å². The molecule has 0 unspecified atom stereocenters. The first-order valence-corrected chi connectivity index (χ1v) is 8.67. The summed E-state index contributed by atoms with van der Waals surface area (Å²) < 4.78 is 0. The van der Waals surface area contributed by atoms with Gasteiger partial charge < -0.3 is 16.0 Å². The van der Waals surface area contributed by atoms with Crippen molar-refractivity contribution in [2.24, 2.45) is 5.92 Å². The molecule has 26 heavy (non-hydrogen) atoms. The molecule has 3 rings (SSSR count). The van der Waals surface area contributed by atoms with Crippen molar-refractivity contribution in [1.82, 2.24) is 15.5 Å². The molecule has 2 aliphatic rings. The number of hydrogen-bond donors (Lipinski definition) is 3. The Kier molecular flexibility index (Phi) is 4.67. The first kappa shape index (κ1) is 17.9. The molecule has 1 aliphatic carbocycles. The summed E-state index contributed by atoms with van der Waals surface area (Å²) >= 11 is 0. The molecule has 138 valence electrons. The van der Waals surface area contributed by atoms with Gasteiger partial charge in [-0.05, 0) is 50.8 Å². The summed E-state index contributed by atoms with van der Waals surface area (Å²) in [6.07, 6.45) is 1.80. The Bertz CT molecular complexity index is 774. The topological polar surface area (TPSA) is 108 Å². The van der Waals surface area contributed by atoms with E-state index in [1.165, 1.54) is 0 Å². The Morgan fingerprint density at radius 2 is 2.04 bits per heavy atom. The molecule has 1 heterocycles. The van der Waals surface area contributed by atoms with E-state index in [4.69, 9.17) is 0 Å². The molecule has 1 saturated carbocycles. The molecule has 2 fully saturated rings. The van der Waals surface area contributed by atoms with Crippen LogP contribution in [0.4, 0.5) is 10.5 Å². The van der Waals surface area contributed by atoms with Crippen LogP contribution in [-0.2, 0) is 9.59 Å². The van der Waals surface area contributed by atoms with Crippen LogP contribution in [0.15, 0.2) is 24.3 Å². The number of benzene rings is 1. The fourth-order valence-corrected chi connectivity index (χ4v) is 3.14. The van der Waals surface area contributed by atoms with Gasteiger partial charge >= 0.3 is 6.03 Å². The third kappa shape index (κ3) is 3.40. The number of carbonyl (C=O) groups excluding carboxylic acids is 4. The summed E-state index contributed by atoms with van der Waals surface area (Å²) in [4.78, 5) is 49.7. The lowest BCUT2D eigenvalue weighted by atomic mass is 9.96. The lowest BCUT2D eigenvalue weighted by Gasteiger charge is -2.20. The van der Waals surface area contributed by atoms with Crippen molar-refractivity contribution < 1.29 is 19.2 Å². The highest BCUT2D eigenvalue weighted by Crippen LogP contribution is 2.42. The Labute approximate surface area is 151 Å². The van der Waals surface area contributed by atoms with Crippen LogP contribution in [0.3, 0.4) is 0 Å². The van der Waals surface area contributed by atoms with Crippen LogP contribution in [0.5, 0.6) is 0 Å². The number of rotatable bonds is 6. The van der Waals surface area contributed by atoms with Gasteiger partial charge in [0.2, 0.25) is 5.91 Å². The minimum atomic E-state index is -0.907. The number of nitrogens with one attached hydrogen (secondary N) is 3. The van der Waals surface area contributed by atoms with Gasteiger partial charge in [-0.3, -0.25) is 19.3 Å². The largest absolute Gasteiger partial charge is 0.352 e. The number of carbonyl (C=O) groups is 4. The number of imide groups is 1. The Balaban J connectivity index is 1.64. The maximum atomic E-state index is 12.5. The molecule has 0 aromatic heterocycles. The summed E-state index contributed by atoms with van der Waals surface area (Å²) in [5.41, 5.74) is -0.0630. The number of amides is 5. The normalized spacial score (nSPS) is 22.2. The fourth-order valence-electron chi connectivity index (χ4n) is 3.14. The van der Waals surface area contributed by atoms with Gasteiger partial charge in [-0.25, -0.2) is 4.79 Å². The summed E-state index contributed by atoms with van der Waals surface area (Å²) in [6.45, 7) is 3.66. The summed E-state index contributed by atoms with van der Waals surface area (Å²) in [5, 5.41) is 8.01. The van der Waals surface area contributed by atoms with E-state index in [0.29, 0.717) is 17.8 Å². The smallest absolute Gasteiger partial charge is 0.325 e. The molecular formula is C18H22N4O4. The molecule has 0 bridgehead atoms. The SMILES string of the molecule is CCNC(=O)c1cccc(NC(=O)CN2C(=O)N[C@@](C)(C3CC3)C2=O)c1. The molecule has 5 amide bonds. The summed E-state index contributed by atoms with van der Waals surface area (Å²) in [7, 11) is 0. The van der Waals surface area contributed by atoms with Crippen molar-refractivity contribution >= 4 is 29.4 Å². The van der Waals surface area contributed by atoms with Gasteiger partial charge in [0.1, 0.15) is 12.1 Å². The van der Waals surface area contributed by atoms with Crippen molar-refractivity contribution in [3.63, 3.8) is 0 Å². The lowest BCUT2D eigenvalue weighted by Crippen LogP contribution is -2.46. The summed E-state index contributed by atoms with van der Waals surface area (Å²) in [6, 6.07) is 5.93. The van der Waals surface area contributed by atoms with E-state index in [-0.39, 0.29) is 24.3 Å². The standard InChI is InChI=1S/C18H22N4O4/c1-3-19-15(24)11-5-4-6-13(9-11)20-14(23)10-22-16(25)18(2,12-7-8-12)21-17(22)26/h4-6,9,12H,3,7-8,10H2,1-2H3,(H,19,24)(H,20,23)(H,21,26)/t18-/m0/s1. The van der Waals surface area contributed by atoms with E-state index >= 15 is 0 Å². The molecule has 3 N–H and O–H groups in total. The van der Waals surface area contributed by atoms with E-state index in [2.05, 4.69) is 16.0 Å². The predicted molar refractivity (Wildman–Crippen MR) is 94.5 cm³/mol. The van der Waals surface area contributed by atoms with Gasteiger partial charge in [0.15, 0.2) is 0 Å².